The number of aromatic nitrogens is 2. The number of imidazole rings is 1. The van der Waals surface area contributed by atoms with Crippen molar-refractivity contribution in [2.45, 2.75) is 12.7 Å². The number of fused-ring (bicyclic) bond motifs is 1. The van der Waals surface area contributed by atoms with Crippen LogP contribution in [0.4, 0.5) is 13.2 Å². The summed E-state index contributed by atoms with van der Waals surface area (Å²) in [5, 5.41) is 0. The molecular formula is C16H14F3N2+. The van der Waals surface area contributed by atoms with Crippen LogP contribution in [0.2, 0.25) is 0 Å². The molecule has 108 valence electrons. The topological polar surface area (TPSA) is 8.81 Å². The van der Waals surface area contributed by atoms with E-state index in [2.05, 4.69) is 0 Å². The first-order valence-electron chi connectivity index (χ1n) is 6.57. The molecule has 0 unspecified atom stereocenters. The molecule has 3 rings (SSSR count). The lowest BCUT2D eigenvalue weighted by molar-refractivity contribution is -0.667. The van der Waals surface area contributed by atoms with Crippen LogP contribution in [0, 0.1) is 0 Å². The Hall–Kier alpha value is -2.30. The van der Waals surface area contributed by atoms with E-state index >= 15 is 0 Å². The van der Waals surface area contributed by atoms with Crippen molar-refractivity contribution in [3.05, 3.63) is 66.0 Å². The summed E-state index contributed by atoms with van der Waals surface area (Å²) < 4.78 is 42.8. The second-order valence-electron chi connectivity index (χ2n) is 4.94. The van der Waals surface area contributed by atoms with Gasteiger partial charge >= 0.3 is 12.0 Å². The highest BCUT2D eigenvalue weighted by Crippen LogP contribution is 2.30. The van der Waals surface area contributed by atoms with Crippen LogP contribution in [-0.2, 0) is 19.8 Å². The van der Waals surface area contributed by atoms with Gasteiger partial charge in [-0.3, -0.25) is 0 Å². The summed E-state index contributed by atoms with van der Waals surface area (Å²) >= 11 is 0. The first-order valence-corrected chi connectivity index (χ1v) is 6.57. The second-order valence-corrected chi connectivity index (χ2v) is 4.94. The van der Waals surface area contributed by atoms with Crippen molar-refractivity contribution in [1.82, 2.24) is 4.57 Å². The van der Waals surface area contributed by atoms with Gasteiger partial charge in [-0.1, -0.05) is 42.5 Å². The number of halogens is 3. The smallest absolute Gasteiger partial charge is 0.222 e. The van der Waals surface area contributed by atoms with Gasteiger partial charge in [0.15, 0.2) is 11.0 Å². The zero-order valence-corrected chi connectivity index (χ0v) is 11.4. The summed E-state index contributed by atoms with van der Waals surface area (Å²) in [6, 6.07) is 16.1. The molecule has 1 aromatic heterocycles. The Balaban J connectivity index is 2.24. The van der Waals surface area contributed by atoms with Gasteiger partial charge in [0.25, 0.3) is 0 Å². The number of rotatable bonds is 2. The van der Waals surface area contributed by atoms with E-state index in [9.17, 15) is 13.2 Å². The lowest BCUT2D eigenvalue weighted by Gasteiger charge is -2.06. The van der Waals surface area contributed by atoms with Gasteiger partial charge in [0.05, 0.1) is 7.05 Å². The number of aryl methyl sites for hydroxylation is 1. The highest BCUT2D eigenvalue weighted by Gasteiger charge is 2.46. The third-order valence-corrected chi connectivity index (χ3v) is 3.54. The Kier molecular flexibility index (Phi) is 3.20. The first-order chi connectivity index (χ1) is 9.98. The predicted molar refractivity (Wildman–Crippen MR) is 73.7 cm³/mol. The van der Waals surface area contributed by atoms with Gasteiger partial charge in [-0.25, -0.2) is 9.13 Å². The average molecular weight is 291 g/mol. The number of para-hydroxylation sites is 2. The summed E-state index contributed by atoms with van der Waals surface area (Å²) in [5.74, 6) is -0.646. The van der Waals surface area contributed by atoms with E-state index in [0.717, 1.165) is 5.56 Å². The van der Waals surface area contributed by atoms with E-state index < -0.39 is 12.0 Å². The molecule has 0 amide bonds. The number of benzene rings is 2. The Morgan fingerprint density at radius 2 is 1.57 bits per heavy atom. The molecule has 0 spiro atoms. The molecule has 0 saturated carbocycles. The number of alkyl halides is 3. The maximum Gasteiger partial charge on any atom is 0.495 e. The maximum atomic E-state index is 13.4. The molecule has 0 radical (unpaired) electrons. The van der Waals surface area contributed by atoms with Crippen LogP contribution in [0.3, 0.4) is 0 Å². The van der Waals surface area contributed by atoms with Gasteiger partial charge in [-0.05, 0) is 17.7 Å². The van der Waals surface area contributed by atoms with E-state index in [1.807, 2.05) is 30.3 Å². The molecule has 0 N–H and O–H groups in total. The van der Waals surface area contributed by atoms with Crippen LogP contribution in [0.1, 0.15) is 11.4 Å². The van der Waals surface area contributed by atoms with E-state index in [0.29, 0.717) is 11.0 Å². The predicted octanol–water partition coefficient (Wildman–Crippen LogP) is 3.53. The fraction of sp³-hybridized carbons (Fsp3) is 0.188. The number of hydrogen-bond donors (Lipinski definition) is 0. The van der Waals surface area contributed by atoms with Crippen LogP contribution in [0.15, 0.2) is 54.6 Å². The highest BCUT2D eigenvalue weighted by molar-refractivity contribution is 5.72. The molecule has 21 heavy (non-hydrogen) atoms. The minimum atomic E-state index is -4.40. The molecule has 2 aromatic carbocycles. The maximum absolute atomic E-state index is 13.4. The molecule has 0 aliphatic rings. The van der Waals surface area contributed by atoms with Gasteiger partial charge in [0.2, 0.25) is 0 Å². The average Bonchev–Trinajstić information content (AvgIpc) is 2.73. The molecule has 0 aliphatic heterocycles. The number of nitrogens with zero attached hydrogens (tertiary/aromatic N) is 2. The molecule has 0 saturated heterocycles. The standard InChI is InChI=1S/C16H14F3N2/c1-20-13-9-5-6-10-14(13)21(15(20)16(17,18)19)11-12-7-3-2-4-8-12/h2-10H,11H2,1H3/q+1. The lowest BCUT2D eigenvalue weighted by Crippen LogP contribution is -2.38. The van der Waals surface area contributed by atoms with Crippen LogP contribution in [-0.4, -0.2) is 4.57 Å². The fourth-order valence-electron chi connectivity index (χ4n) is 2.65. The zero-order chi connectivity index (χ0) is 15.0. The SMILES string of the molecule is C[n+]1c(C(F)(F)F)n(Cc2ccccc2)c2ccccc21. The molecule has 3 aromatic rings. The van der Waals surface area contributed by atoms with Gasteiger partial charge < -0.3 is 0 Å². The van der Waals surface area contributed by atoms with Crippen molar-refractivity contribution in [2.75, 3.05) is 0 Å². The molecule has 0 fully saturated rings. The summed E-state index contributed by atoms with van der Waals surface area (Å²) in [6.45, 7) is 0.192. The number of hydrogen-bond acceptors (Lipinski definition) is 0. The van der Waals surface area contributed by atoms with E-state index in [1.54, 1.807) is 24.3 Å². The highest BCUT2D eigenvalue weighted by atomic mass is 19.4. The molecule has 0 aliphatic carbocycles. The largest absolute Gasteiger partial charge is 0.495 e. The van der Waals surface area contributed by atoms with Crippen molar-refractivity contribution in [3.63, 3.8) is 0 Å². The Bertz CT molecular complexity index is 773. The Morgan fingerprint density at radius 3 is 2.24 bits per heavy atom. The molecule has 1 heterocycles. The monoisotopic (exact) mass is 291 g/mol. The van der Waals surface area contributed by atoms with E-state index in [-0.39, 0.29) is 6.54 Å². The van der Waals surface area contributed by atoms with Crippen molar-refractivity contribution >= 4 is 11.0 Å². The zero-order valence-electron chi connectivity index (χ0n) is 11.4. The first kappa shape index (κ1) is 13.7. The fourth-order valence-corrected chi connectivity index (χ4v) is 2.65. The molecule has 5 heteroatoms. The third kappa shape index (κ3) is 2.39. The summed E-state index contributed by atoms with van der Waals surface area (Å²) in [7, 11) is 1.45. The lowest BCUT2D eigenvalue weighted by atomic mass is 10.2. The van der Waals surface area contributed by atoms with Crippen LogP contribution < -0.4 is 4.57 Å². The second kappa shape index (κ2) is 4.91. The van der Waals surface area contributed by atoms with Crippen molar-refractivity contribution in [2.24, 2.45) is 7.05 Å². The van der Waals surface area contributed by atoms with Crippen LogP contribution >= 0.6 is 0 Å². The third-order valence-electron chi connectivity index (χ3n) is 3.54. The molecular weight excluding hydrogens is 277 g/mol. The minimum absolute atomic E-state index is 0.192. The van der Waals surface area contributed by atoms with Gasteiger partial charge in [-0.15, -0.1) is 0 Å². The van der Waals surface area contributed by atoms with Crippen molar-refractivity contribution in [3.8, 4) is 0 Å². The van der Waals surface area contributed by atoms with E-state index in [1.165, 1.54) is 16.2 Å². The van der Waals surface area contributed by atoms with E-state index in [4.69, 9.17) is 0 Å². The Morgan fingerprint density at radius 1 is 0.952 bits per heavy atom. The van der Waals surface area contributed by atoms with Crippen molar-refractivity contribution < 1.29 is 17.7 Å². The van der Waals surface area contributed by atoms with Gasteiger partial charge in [0, 0.05) is 0 Å². The Labute approximate surface area is 120 Å². The summed E-state index contributed by atoms with van der Waals surface area (Å²) in [5.41, 5.74) is 1.99. The quantitative estimate of drug-likeness (QED) is 0.639. The van der Waals surface area contributed by atoms with Crippen molar-refractivity contribution in [1.29, 1.82) is 0 Å². The normalized spacial score (nSPS) is 12.0. The summed E-state index contributed by atoms with van der Waals surface area (Å²) in [6.07, 6.45) is -4.40. The van der Waals surface area contributed by atoms with Crippen LogP contribution in [0.5, 0.6) is 0 Å². The minimum Gasteiger partial charge on any atom is -0.222 e. The van der Waals surface area contributed by atoms with Gasteiger partial charge in [0.1, 0.15) is 6.54 Å². The van der Waals surface area contributed by atoms with Crippen LogP contribution in [0.25, 0.3) is 11.0 Å². The molecule has 2 nitrogen and oxygen atoms in total. The molecule has 0 atom stereocenters. The van der Waals surface area contributed by atoms with Gasteiger partial charge in [-0.2, -0.15) is 13.2 Å². The summed E-state index contributed by atoms with van der Waals surface area (Å²) in [4.78, 5) is 0. The molecule has 0 bridgehead atoms.